The molecule has 16 heavy (non-hydrogen) atoms. The maximum absolute atomic E-state index is 5.47. The van der Waals surface area contributed by atoms with E-state index in [4.69, 9.17) is 8.94 Å². The van der Waals surface area contributed by atoms with E-state index in [0.29, 0.717) is 24.1 Å². The monoisotopic (exact) mass is 222 g/mol. The molecule has 0 fully saturated rings. The fraction of sp³-hybridized carbons (Fsp3) is 0.500. The smallest absolute Gasteiger partial charge is 0.253 e. The zero-order valence-electron chi connectivity index (χ0n) is 9.36. The molecule has 0 unspecified atom stereocenters. The van der Waals surface area contributed by atoms with Crippen LogP contribution in [0.2, 0.25) is 0 Å². The van der Waals surface area contributed by atoms with Gasteiger partial charge in [-0.15, -0.1) is 10.2 Å². The van der Waals surface area contributed by atoms with Crippen LogP contribution in [0.3, 0.4) is 0 Å². The first-order valence-corrected chi connectivity index (χ1v) is 5.26. The number of hydrogen-bond acceptors (Lipinski definition) is 6. The number of rotatable bonds is 5. The van der Waals surface area contributed by atoms with Crippen molar-refractivity contribution in [3.63, 3.8) is 0 Å². The molecule has 0 bridgehead atoms. The highest BCUT2D eigenvalue weighted by Gasteiger charge is 2.13. The Labute approximate surface area is 93.0 Å². The van der Waals surface area contributed by atoms with Crippen LogP contribution >= 0.6 is 0 Å². The van der Waals surface area contributed by atoms with Crippen LogP contribution < -0.4 is 5.32 Å². The van der Waals surface area contributed by atoms with Crippen molar-refractivity contribution in [1.82, 2.24) is 20.7 Å². The van der Waals surface area contributed by atoms with Crippen molar-refractivity contribution in [2.24, 2.45) is 0 Å². The zero-order valence-corrected chi connectivity index (χ0v) is 9.36. The van der Waals surface area contributed by atoms with Crippen molar-refractivity contribution < 1.29 is 8.94 Å². The van der Waals surface area contributed by atoms with E-state index in [1.807, 2.05) is 6.92 Å². The minimum Gasteiger partial charge on any atom is -0.419 e. The van der Waals surface area contributed by atoms with E-state index >= 15 is 0 Å². The van der Waals surface area contributed by atoms with Crippen LogP contribution in [0.4, 0.5) is 0 Å². The second kappa shape index (κ2) is 4.89. The SMILES string of the molecule is CCCNCc1nnc(-c2cnoc2C)o1. The summed E-state index contributed by atoms with van der Waals surface area (Å²) in [6.45, 7) is 5.43. The number of aryl methyl sites for hydroxylation is 1. The topological polar surface area (TPSA) is 77.0 Å². The average molecular weight is 222 g/mol. The molecule has 0 atom stereocenters. The number of aromatic nitrogens is 3. The average Bonchev–Trinajstić information content (AvgIpc) is 2.87. The second-order valence-electron chi connectivity index (χ2n) is 3.47. The Kier molecular flexibility index (Phi) is 3.31. The first-order chi connectivity index (χ1) is 7.81. The molecule has 6 heteroatoms. The molecule has 0 aliphatic heterocycles. The third-order valence-corrected chi connectivity index (χ3v) is 2.15. The van der Waals surface area contributed by atoms with Gasteiger partial charge in [0.15, 0.2) is 0 Å². The molecule has 0 saturated carbocycles. The van der Waals surface area contributed by atoms with Gasteiger partial charge in [-0.1, -0.05) is 12.1 Å². The molecule has 2 aromatic heterocycles. The summed E-state index contributed by atoms with van der Waals surface area (Å²) in [5.41, 5.74) is 0.745. The summed E-state index contributed by atoms with van der Waals surface area (Å²) in [4.78, 5) is 0. The summed E-state index contributed by atoms with van der Waals surface area (Å²) in [6, 6.07) is 0. The van der Waals surface area contributed by atoms with Crippen molar-refractivity contribution in [3.8, 4) is 11.5 Å². The lowest BCUT2D eigenvalue weighted by Crippen LogP contribution is -2.13. The van der Waals surface area contributed by atoms with Crippen LogP contribution in [-0.2, 0) is 6.54 Å². The summed E-state index contributed by atoms with van der Waals surface area (Å²) in [6.07, 6.45) is 2.65. The molecular formula is C10H14N4O2. The third-order valence-electron chi connectivity index (χ3n) is 2.15. The standard InChI is InChI=1S/C10H14N4O2/c1-3-4-11-6-9-13-14-10(15-9)8-5-12-16-7(8)2/h5,11H,3-4,6H2,1-2H3. The predicted octanol–water partition coefficient (Wildman–Crippen LogP) is 1.53. The van der Waals surface area contributed by atoms with E-state index in [-0.39, 0.29) is 0 Å². The van der Waals surface area contributed by atoms with Gasteiger partial charge < -0.3 is 14.3 Å². The zero-order chi connectivity index (χ0) is 11.4. The lowest BCUT2D eigenvalue weighted by Gasteiger charge is -1.96. The van der Waals surface area contributed by atoms with E-state index in [9.17, 15) is 0 Å². The Hall–Kier alpha value is -1.69. The molecule has 0 aliphatic rings. The van der Waals surface area contributed by atoms with Crippen molar-refractivity contribution in [3.05, 3.63) is 17.8 Å². The third kappa shape index (κ3) is 2.27. The fourth-order valence-corrected chi connectivity index (χ4v) is 1.31. The van der Waals surface area contributed by atoms with Gasteiger partial charge in [0.05, 0.1) is 12.7 Å². The van der Waals surface area contributed by atoms with Gasteiger partial charge in [-0.25, -0.2) is 0 Å². The maximum Gasteiger partial charge on any atom is 0.253 e. The van der Waals surface area contributed by atoms with Crippen molar-refractivity contribution in [2.45, 2.75) is 26.8 Å². The van der Waals surface area contributed by atoms with E-state index < -0.39 is 0 Å². The summed E-state index contributed by atoms with van der Waals surface area (Å²) in [7, 11) is 0. The van der Waals surface area contributed by atoms with E-state index in [2.05, 4.69) is 27.6 Å². The normalized spacial score (nSPS) is 10.9. The first-order valence-electron chi connectivity index (χ1n) is 5.26. The van der Waals surface area contributed by atoms with Crippen LogP contribution in [0.1, 0.15) is 25.0 Å². The molecule has 0 saturated heterocycles. The van der Waals surface area contributed by atoms with E-state index in [1.54, 1.807) is 6.20 Å². The number of nitrogens with one attached hydrogen (secondary N) is 1. The maximum atomic E-state index is 5.47. The Morgan fingerprint density at radius 2 is 2.25 bits per heavy atom. The van der Waals surface area contributed by atoms with Crippen LogP contribution in [0.25, 0.3) is 11.5 Å². The van der Waals surface area contributed by atoms with Crippen LogP contribution in [0, 0.1) is 6.92 Å². The van der Waals surface area contributed by atoms with Gasteiger partial charge in [-0.05, 0) is 19.9 Å². The molecule has 2 aromatic rings. The van der Waals surface area contributed by atoms with Gasteiger partial charge in [0.1, 0.15) is 11.3 Å². The van der Waals surface area contributed by atoms with Gasteiger partial charge in [0, 0.05) is 0 Å². The summed E-state index contributed by atoms with van der Waals surface area (Å²) in [5, 5.41) is 14.7. The highest BCUT2D eigenvalue weighted by molar-refractivity contribution is 5.52. The second-order valence-corrected chi connectivity index (χ2v) is 3.47. The van der Waals surface area contributed by atoms with Crippen LogP contribution in [-0.4, -0.2) is 21.9 Å². The lowest BCUT2D eigenvalue weighted by atomic mass is 10.3. The highest BCUT2D eigenvalue weighted by Crippen LogP contribution is 2.20. The van der Waals surface area contributed by atoms with Gasteiger partial charge in [-0.2, -0.15) is 0 Å². The Balaban J connectivity index is 2.05. The van der Waals surface area contributed by atoms with Gasteiger partial charge in [-0.3, -0.25) is 0 Å². The quantitative estimate of drug-likeness (QED) is 0.773. The van der Waals surface area contributed by atoms with Crippen molar-refractivity contribution in [2.75, 3.05) is 6.54 Å². The molecule has 0 radical (unpaired) electrons. The minimum atomic E-state index is 0.451. The largest absolute Gasteiger partial charge is 0.419 e. The molecule has 2 heterocycles. The molecule has 2 rings (SSSR count). The fourth-order valence-electron chi connectivity index (χ4n) is 1.31. The van der Waals surface area contributed by atoms with Crippen LogP contribution in [0.5, 0.6) is 0 Å². The van der Waals surface area contributed by atoms with E-state index in [1.165, 1.54) is 0 Å². The van der Waals surface area contributed by atoms with Crippen molar-refractivity contribution >= 4 is 0 Å². The van der Waals surface area contributed by atoms with Crippen molar-refractivity contribution in [1.29, 1.82) is 0 Å². The predicted molar refractivity (Wildman–Crippen MR) is 56.5 cm³/mol. The molecule has 0 amide bonds. The van der Waals surface area contributed by atoms with Gasteiger partial charge >= 0.3 is 0 Å². The Bertz CT molecular complexity index is 449. The lowest BCUT2D eigenvalue weighted by molar-refractivity contribution is 0.397. The van der Waals surface area contributed by atoms with E-state index in [0.717, 1.165) is 18.5 Å². The number of nitrogens with zero attached hydrogens (tertiary/aromatic N) is 3. The molecule has 86 valence electrons. The molecule has 1 N–H and O–H groups in total. The number of hydrogen-bond donors (Lipinski definition) is 1. The highest BCUT2D eigenvalue weighted by atomic mass is 16.5. The Morgan fingerprint density at radius 3 is 2.94 bits per heavy atom. The molecule has 0 aromatic carbocycles. The minimum absolute atomic E-state index is 0.451. The molecule has 0 aliphatic carbocycles. The Morgan fingerprint density at radius 1 is 1.38 bits per heavy atom. The molecule has 6 nitrogen and oxygen atoms in total. The summed E-state index contributed by atoms with van der Waals surface area (Å²) >= 11 is 0. The van der Waals surface area contributed by atoms with Gasteiger partial charge in [0.2, 0.25) is 5.89 Å². The molecule has 0 spiro atoms. The summed E-state index contributed by atoms with van der Waals surface area (Å²) in [5.74, 6) is 1.70. The first kappa shape index (κ1) is 10.8. The summed E-state index contributed by atoms with van der Waals surface area (Å²) < 4.78 is 10.4. The van der Waals surface area contributed by atoms with Crippen LogP contribution in [0.15, 0.2) is 15.1 Å². The molecular weight excluding hydrogens is 208 g/mol. The van der Waals surface area contributed by atoms with Gasteiger partial charge in [0.25, 0.3) is 5.89 Å².